The number of nitrogens with one attached hydrogen (secondary N) is 1. The summed E-state index contributed by atoms with van der Waals surface area (Å²) in [6.07, 6.45) is 5.03. The number of rotatable bonds is 4. The van der Waals surface area contributed by atoms with Crippen LogP contribution in [0.1, 0.15) is 59.8 Å². The maximum atomic E-state index is 12.4. The molecule has 0 aliphatic heterocycles. The quantitative estimate of drug-likeness (QED) is 0.770. The number of ether oxygens (including phenoxy) is 1. The number of hydrogen-bond donors (Lipinski definition) is 2. The lowest BCUT2D eigenvalue weighted by Gasteiger charge is -2.33. The van der Waals surface area contributed by atoms with Crippen molar-refractivity contribution >= 4 is 11.9 Å². The van der Waals surface area contributed by atoms with E-state index < -0.39 is 17.6 Å². The first-order valence-corrected chi connectivity index (χ1v) is 7.42. The maximum absolute atomic E-state index is 12.4. The summed E-state index contributed by atoms with van der Waals surface area (Å²) in [5.74, 6) is -0.550. The zero-order valence-electron chi connectivity index (χ0n) is 13.1. The van der Waals surface area contributed by atoms with E-state index in [2.05, 4.69) is 5.32 Å². The maximum Gasteiger partial charge on any atom is 0.330 e. The van der Waals surface area contributed by atoms with Gasteiger partial charge < -0.3 is 15.8 Å². The molecule has 1 atom stereocenters. The molecule has 0 heterocycles. The van der Waals surface area contributed by atoms with Gasteiger partial charge in [0.05, 0.1) is 0 Å². The van der Waals surface area contributed by atoms with Gasteiger partial charge in [-0.1, -0.05) is 26.2 Å². The number of carbonyl (C=O) groups is 2. The Hall–Kier alpha value is -1.10. The largest absolute Gasteiger partial charge is 0.458 e. The Morgan fingerprint density at radius 1 is 1.25 bits per heavy atom. The molecule has 5 nitrogen and oxygen atoms in total. The summed E-state index contributed by atoms with van der Waals surface area (Å²) in [4.78, 5) is 24.4. The van der Waals surface area contributed by atoms with Gasteiger partial charge in [0.1, 0.15) is 11.6 Å². The molecule has 1 fully saturated rings. The molecule has 1 rings (SSSR count). The molecule has 1 amide bonds. The Balaban J connectivity index is 2.63. The van der Waals surface area contributed by atoms with Crippen molar-refractivity contribution in [2.45, 2.75) is 71.4 Å². The molecule has 0 aromatic carbocycles. The lowest BCUT2D eigenvalue weighted by Crippen LogP contribution is -2.52. The zero-order chi connectivity index (χ0) is 15.4. The second kappa shape index (κ2) is 6.57. The molecular weight excluding hydrogens is 256 g/mol. The Kier molecular flexibility index (Phi) is 5.57. The van der Waals surface area contributed by atoms with Crippen LogP contribution in [0.3, 0.4) is 0 Å². The summed E-state index contributed by atoms with van der Waals surface area (Å²) in [5, 5.41) is 2.76. The Morgan fingerprint density at radius 3 is 2.25 bits per heavy atom. The molecule has 5 heteroatoms. The number of amides is 1. The lowest BCUT2D eigenvalue weighted by atomic mass is 9.75. The van der Waals surface area contributed by atoms with Crippen LogP contribution in [0, 0.1) is 5.41 Å². The third-order valence-electron chi connectivity index (χ3n) is 3.74. The van der Waals surface area contributed by atoms with E-state index in [1.54, 1.807) is 20.8 Å². The van der Waals surface area contributed by atoms with E-state index >= 15 is 0 Å². The van der Waals surface area contributed by atoms with Gasteiger partial charge >= 0.3 is 5.97 Å². The van der Waals surface area contributed by atoms with E-state index in [0.29, 0.717) is 0 Å². The summed E-state index contributed by atoms with van der Waals surface area (Å²) < 4.78 is 5.28. The van der Waals surface area contributed by atoms with Gasteiger partial charge in [-0.2, -0.15) is 0 Å². The number of hydrogen-bond acceptors (Lipinski definition) is 4. The SMILES string of the molecule is CC(C)(C)OC(=O)[C@H](CN)NC(=O)C1(C)CCCCC1. The fraction of sp³-hybridized carbons (Fsp3) is 0.867. The van der Waals surface area contributed by atoms with E-state index in [-0.39, 0.29) is 17.9 Å². The zero-order valence-corrected chi connectivity index (χ0v) is 13.1. The first-order valence-electron chi connectivity index (χ1n) is 7.42. The molecule has 1 aliphatic carbocycles. The second-order valence-corrected chi connectivity index (χ2v) is 6.92. The molecule has 0 bridgehead atoms. The Bertz CT molecular complexity index is 355. The molecular formula is C15H28N2O3. The highest BCUT2D eigenvalue weighted by Crippen LogP contribution is 2.35. The standard InChI is InChI=1S/C15H28N2O3/c1-14(2,3)20-12(18)11(10-16)17-13(19)15(4)8-6-5-7-9-15/h11H,5-10,16H2,1-4H3,(H,17,19)/t11-/m0/s1. The van der Waals surface area contributed by atoms with Crippen molar-refractivity contribution in [1.82, 2.24) is 5.32 Å². The molecule has 3 N–H and O–H groups in total. The summed E-state index contributed by atoms with van der Waals surface area (Å²) in [5.41, 5.74) is 4.64. The summed E-state index contributed by atoms with van der Waals surface area (Å²) in [7, 11) is 0. The highest BCUT2D eigenvalue weighted by molar-refractivity contribution is 5.88. The second-order valence-electron chi connectivity index (χ2n) is 6.92. The fourth-order valence-electron chi connectivity index (χ4n) is 2.48. The average Bonchev–Trinajstić information content (AvgIpc) is 2.34. The lowest BCUT2D eigenvalue weighted by molar-refractivity contribution is -0.159. The molecule has 20 heavy (non-hydrogen) atoms. The fourth-order valence-corrected chi connectivity index (χ4v) is 2.48. The minimum atomic E-state index is -0.763. The van der Waals surface area contributed by atoms with Crippen molar-refractivity contribution in [3.8, 4) is 0 Å². The molecule has 0 unspecified atom stereocenters. The molecule has 0 aromatic heterocycles. The van der Waals surface area contributed by atoms with Crippen molar-refractivity contribution in [2.75, 3.05) is 6.54 Å². The van der Waals surface area contributed by atoms with E-state index in [1.165, 1.54) is 6.42 Å². The van der Waals surface area contributed by atoms with Crippen LogP contribution in [0.4, 0.5) is 0 Å². The predicted octanol–water partition coefficient (Wildman–Crippen LogP) is 1.74. The monoisotopic (exact) mass is 284 g/mol. The van der Waals surface area contributed by atoms with Crippen LogP contribution in [-0.4, -0.2) is 30.1 Å². The van der Waals surface area contributed by atoms with Crippen LogP contribution < -0.4 is 11.1 Å². The smallest absolute Gasteiger partial charge is 0.330 e. The van der Waals surface area contributed by atoms with Gasteiger partial charge in [0.25, 0.3) is 0 Å². The average molecular weight is 284 g/mol. The Labute approximate surface area is 121 Å². The predicted molar refractivity (Wildman–Crippen MR) is 78.0 cm³/mol. The number of carbonyl (C=O) groups excluding carboxylic acids is 2. The van der Waals surface area contributed by atoms with Crippen LogP contribution in [0.5, 0.6) is 0 Å². The molecule has 116 valence electrons. The number of esters is 1. The van der Waals surface area contributed by atoms with Crippen LogP contribution in [0.15, 0.2) is 0 Å². The summed E-state index contributed by atoms with van der Waals surface area (Å²) >= 11 is 0. The molecule has 0 aromatic rings. The van der Waals surface area contributed by atoms with Gasteiger partial charge in [0.15, 0.2) is 0 Å². The molecule has 0 radical (unpaired) electrons. The van der Waals surface area contributed by atoms with E-state index in [0.717, 1.165) is 25.7 Å². The first-order chi connectivity index (χ1) is 9.18. The van der Waals surface area contributed by atoms with Gasteiger partial charge in [-0.3, -0.25) is 4.79 Å². The van der Waals surface area contributed by atoms with Crippen LogP contribution >= 0.6 is 0 Å². The molecule has 1 saturated carbocycles. The number of nitrogens with two attached hydrogens (primary N) is 1. The van der Waals surface area contributed by atoms with Gasteiger partial charge in [0, 0.05) is 12.0 Å². The Morgan fingerprint density at radius 2 is 1.80 bits per heavy atom. The minimum Gasteiger partial charge on any atom is -0.458 e. The van der Waals surface area contributed by atoms with Gasteiger partial charge in [-0.25, -0.2) is 4.79 Å². The van der Waals surface area contributed by atoms with E-state index in [9.17, 15) is 9.59 Å². The van der Waals surface area contributed by atoms with Crippen molar-refractivity contribution in [3.63, 3.8) is 0 Å². The van der Waals surface area contributed by atoms with Gasteiger partial charge in [0.2, 0.25) is 5.91 Å². The van der Waals surface area contributed by atoms with Gasteiger partial charge in [-0.05, 0) is 33.6 Å². The third-order valence-corrected chi connectivity index (χ3v) is 3.74. The first kappa shape index (κ1) is 17.0. The van der Waals surface area contributed by atoms with Crippen LogP contribution in [-0.2, 0) is 14.3 Å². The van der Waals surface area contributed by atoms with Crippen molar-refractivity contribution < 1.29 is 14.3 Å². The molecule has 1 aliphatic rings. The van der Waals surface area contributed by atoms with E-state index in [1.807, 2.05) is 6.92 Å². The van der Waals surface area contributed by atoms with E-state index in [4.69, 9.17) is 10.5 Å². The normalized spacial score (nSPS) is 20.1. The summed E-state index contributed by atoms with van der Waals surface area (Å²) in [6, 6.07) is -0.763. The van der Waals surface area contributed by atoms with Crippen molar-refractivity contribution in [2.24, 2.45) is 11.1 Å². The van der Waals surface area contributed by atoms with Crippen LogP contribution in [0.2, 0.25) is 0 Å². The van der Waals surface area contributed by atoms with Crippen molar-refractivity contribution in [3.05, 3.63) is 0 Å². The molecule has 0 spiro atoms. The summed E-state index contributed by atoms with van der Waals surface area (Å²) in [6.45, 7) is 7.40. The topological polar surface area (TPSA) is 81.4 Å². The van der Waals surface area contributed by atoms with Crippen LogP contribution in [0.25, 0.3) is 0 Å². The highest BCUT2D eigenvalue weighted by atomic mass is 16.6. The highest BCUT2D eigenvalue weighted by Gasteiger charge is 2.37. The third kappa shape index (κ3) is 4.78. The van der Waals surface area contributed by atoms with Gasteiger partial charge in [-0.15, -0.1) is 0 Å². The minimum absolute atomic E-state index is 0.0523. The molecule has 0 saturated heterocycles. The van der Waals surface area contributed by atoms with Crippen molar-refractivity contribution in [1.29, 1.82) is 0 Å².